The zero-order valence-corrected chi connectivity index (χ0v) is 14.0. The molecule has 1 saturated heterocycles. The van der Waals surface area contributed by atoms with Crippen LogP contribution in [0.15, 0.2) is 24.3 Å². The third-order valence-electron chi connectivity index (χ3n) is 3.63. The highest BCUT2D eigenvalue weighted by Crippen LogP contribution is 2.39. The Labute approximate surface area is 142 Å². The second kappa shape index (κ2) is 6.37. The van der Waals surface area contributed by atoms with E-state index in [-0.39, 0.29) is 12.0 Å². The lowest BCUT2D eigenvalue weighted by molar-refractivity contribution is -0.117. The molecule has 2 aromatic carbocycles. The van der Waals surface area contributed by atoms with Crippen LogP contribution in [0, 0.1) is 5.82 Å². The summed E-state index contributed by atoms with van der Waals surface area (Å²) >= 11 is 0. The van der Waals surface area contributed by atoms with E-state index in [1.807, 2.05) is 0 Å². The van der Waals surface area contributed by atoms with Gasteiger partial charge in [0.05, 0.1) is 6.61 Å². The number of anilines is 1. The first kappa shape index (κ1) is 17.2. The Hall–Kier alpha value is -2.59. The number of rotatable bonds is 5. The minimum atomic E-state index is -4.24. The molecule has 1 heterocycles. The second-order valence-electron chi connectivity index (χ2n) is 5.32. The molecular weight excluding hydrogens is 355 g/mol. The summed E-state index contributed by atoms with van der Waals surface area (Å²) in [4.78, 5) is 11.4. The van der Waals surface area contributed by atoms with Gasteiger partial charge in [0.1, 0.15) is 30.3 Å². The minimum absolute atomic E-state index is 0.0530. The maximum atomic E-state index is 14.9. The highest BCUT2D eigenvalue weighted by Gasteiger charge is 2.37. The number of hydrogen-bond acceptors (Lipinski definition) is 6. The van der Waals surface area contributed by atoms with Crippen LogP contribution in [0.25, 0.3) is 10.8 Å². The number of hydrogen-bond donors (Lipinski definition) is 2. The predicted molar refractivity (Wildman–Crippen MR) is 87.4 cm³/mol. The zero-order chi connectivity index (χ0) is 18.2. The van der Waals surface area contributed by atoms with Crippen LogP contribution < -0.4 is 13.8 Å². The van der Waals surface area contributed by atoms with Crippen LogP contribution in [-0.2, 0) is 19.7 Å². The molecule has 0 aromatic heterocycles. The van der Waals surface area contributed by atoms with Gasteiger partial charge in [-0.1, -0.05) is 6.07 Å². The largest absolute Gasteiger partial charge is 0.506 e. The number of methoxy groups -OCH3 is 1. The number of aromatic hydroxyl groups is 1. The van der Waals surface area contributed by atoms with Crippen LogP contribution in [0.4, 0.5) is 10.1 Å². The molecule has 2 N–H and O–H groups in total. The first-order chi connectivity index (χ1) is 11.8. The van der Waals surface area contributed by atoms with Gasteiger partial charge in [0, 0.05) is 12.5 Å². The Bertz CT molecular complexity index is 947. The molecule has 1 fully saturated rings. The summed E-state index contributed by atoms with van der Waals surface area (Å²) in [5.41, 5.74) is -0.583. The van der Waals surface area contributed by atoms with Gasteiger partial charge in [-0.2, -0.15) is 8.42 Å². The van der Waals surface area contributed by atoms with Crippen LogP contribution in [0.5, 0.6) is 11.5 Å². The fourth-order valence-electron chi connectivity index (χ4n) is 2.52. The fourth-order valence-corrected chi connectivity index (χ4v) is 3.69. The molecule has 0 saturated carbocycles. The lowest BCUT2D eigenvalue weighted by Gasteiger charge is -2.18. The molecule has 3 rings (SSSR count). The maximum Gasteiger partial charge on any atom is 0.326 e. The van der Waals surface area contributed by atoms with E-state index in [1.165, 1.54) is 25.3 Å². The molecule has 2 aromatic rings. The number of fused-ring (bicyclic) bond motifs is 1. The van der Waals surface area contributed by atoms with Gasteiger partial charge < -0.3 is 14.6 Å². The number of ether oxygens (including phenoxy) is 2. The minimum Gasteiger partial charge on any atom is -0.506 e. The molecule has 10 heteroatoms. The van der Waals surface area contributed by atoms with E-state index in [2.05, 4.69) is 0 Å². The summed E-state index contributed by atoms with van der Waals surface area (Å²) < 4.78 is 51.3. The van der Waals surface area contributed by atoms with Crippen LogP contribution >= 0.6 is 0 Å². The van der Waals surface area contributed by atoms with Gasteiger partial charge in [-0.05, 0) is 23.6 Å². The number of carbonyl (C=O) groups is 1. The van der Waals surface area contributed by atoms with Crippen LogP contribution in [0.2, 0.25) is 0 Å². The normalized spacial score (nSPS) is 16.2. The average Bonchev–Trinajstić information content (AvgIpc) is 2.81. The lowest BCUT2D eigenvalue weighted by Crippen LogP contribution is -2.30. The van der Waals surface area contributed by atoms with Gasteiger partial charge in [0.2, 0.25) is 0 Å². The van der Waals surface area contributed by atoms with Gasteiger partial charge in [-0.15, -0.1) is 0 Å². The maximum absolute atomic E-state index is 14.9. The number of halogens is 1. The monoisotopic (exact) mass is 370 g/mol. The molecule has 0 radical (unpaired) electrons. The topological polar surface area (TPSA) is 105 Å². The first-order valence-corrected chi connectivity index (χ1v) is 8.68. The Kier molecular flexibility index (Phi) is 4.39. The van der Waals surface area contributed by atoms with Crippen LogP contribution in [0.3, 0.4) is 0 Å². The third kappa shape index (κ3) is 3.17. The van der Waals surface area contributed by atoms with E-state index in [0.717, 1.165) is 0 Å². The summed E-state index contributed by atoms with van der Waals surface area (Å²) in [5.74, 6) is -2.00. The van der Waals surface area contributed by atoms with E-state index in [0.29, 0.717) is 22.0 Å². The molecule has 25 heavy (non-hydrogen) atoms. The smallest absolute Gasteiger partial charge is 0.326 e. The Morgan fingerprint density at radius 1 is 1.32 bits per heavy atom. The van der Waals surface area contributed by atoms with Crippen molar-refractivity contribution in [1.29, 1.82) is 0 Å². The van der Waals surface area contributed by atoms with Crippen molar-refractivity contribution in [3.63, 3.8) is 0 Å². The highest BCUT2D eigenvalue weighted by molar-refractivity contribution is 7.92. The van der Waals surface area contributed by atoms with Crippen molar-refractivity contribution in [2.24, 2.45) is 0 Å². The van der Waals surface area contributed by atoms with Crippen molar-refractivity contribution < 1.29 is 32.2 Å². The van der Waals surface area contributed by atoms with Gasteiger partial charge >= 0.3 is 10.2 Å². The molecule has 0 spiro atoms. The predicted octanol–water partition coefficient (Wildman–Crippen LogP) is 0.891. The molecule has 0 atom stereocenters. The molecule has 1 aliphatic rings. The van der Waals surface area contributed by atoms with Crippen molar-refractivity contribution in [3.8, 4) is 11.5 Å². The van der Waals surface area contributed by atoms with E-state index in [9.17, 15) is 22.7 Å². The zero-order valence-electron chi connectivity index (χ0n) is 13.2. The molecule has 8 nitrogen and oxygen atoms in total. The number of carbonyl (C=O) groups excluding carboxylic acids is 1. The van der Waals surface area contributed by atoms with Crippen LogP contribution in [0.1, 0.15) is 0 Å². The van der Waals surface area contributed by atoms with Gasteiger partial charge in [0.25, 0.3) is 5.91 Å². The molecule has 1 amide bonds. The fraction of sp³-hybridized carbons (Fsp3) is 0.267. The quantitative estimate of drug-likeness (QED) is 0.758. The summed E-state index contributed by atoms with van der Waals surface area (Å²) in [6, 6.07) is 5.74. The number of amides is 1. The summed E-state index contributed by atoms with van der Waals surface area (Å²) in [6.45, 7) is -0.00298. The number of phenols is 1. The van der Waals surface area contributed by atoms with Crippen molar-refractivity contribution in [2.45, 2.75) is 0 Å². The standard InChI is InChI=1S/C15H15FN2O6S/c1-23-4-5-24-10-3-2-9-6-12(19)15(14(16)11(9)7-10)18-8-13(20)17-25(18,21)22/h2-3,6-7,19H,4-5,8H2,1H3,(H,17,20). The Balaban J connectivity index is 2.09. The van der Waals surface area contributed by atoms with Crippen molar-refractivity contribution in [3.05, 3.63) is 30.1 Å². The van der Waals surface area contributed by atoms with E-state index in [4.69, 9.17) is 9.47 Å². The van der Waals surface area contributed by atoms with Crippen LogP contribution in [-0.4, -0.2) is 46.3 Å². The number of benzene rings is 2. The van der Waals surface area contributed by atoms with Gasteiger partial charge in [-0.3, -0.25) is 4.79 Å². The third-order valence-corrected chi connectivity index (χ3v) is 5.01. The Morgan fingerprint density at radius 3 is 2.72 bits per heavy atom. The van der Waals surface area contributed by atoms with E-state index in [1.54, 1.807) is 10.8 Å². The number of nitrogens with zero attached hydrogens (tertiary/aromatic N) is 1. The average molecular weight is 370 g/mol. The molecule has 0 aliphatic carbocycles. The van der Waals surface area contributed by atoms with E-state index >= 15 is 0 Å². The second-order valence-corrected chi connectivity index (χ2v) is 6.91. The SMILES string of the molecule is COCCOc1ccc2cc(O)c(N3CC(=O)NS3(=O)=O)c(F)c2c1. The number of phenolic OH excluding ortho intramolecular Hbond substituents is 1. The first-order valence-electron chi connectivity index (χ1n) is 7.24. The van der Waals surface area contributed by atoms with Crippen molar-refractivity contribution in [2.75, 3.05) is 31.2 Å². The lowest BCUT2D eigenvalue weighted by atomic mass is 10.1. The summed E-state index contributed by atoms with van der Waals surface area (Å²) in [6.07, 6.45) is 0. The molecule has 0 bridgehead atoms. The van der Waals surface area contributed by atoms with Crippen molar-refractivity contribution >= 4 is 32.6 Å². The highest BCUT2D eigenvalue weighted by atomic mass is 32.2. The van der Waals surface area contributed by atoms with Gasteiger partial charge in [-0.25, -0.2) is 13.4 Å². The summed E-state index contributed by atoms with van der Waals surface area (Å²) in [5, 5.41) is 10.5. The van der Waals surface area contributed by atoms with Gasteiger partial charge in [0.15, 0.2) is 5.82 Å². The van der Waals surface area contributed by atoms with Crippen molar-refractivity contribution in [1.82, 2.24) is 4.72 Å². The summed E-state index contributed by atoms with van der Waals surface area (Å²) in [7, 11) is -2.73. The number of nitrogens with one attached hydrogen (secondary N) is 1. The molecular formula is C15H15FN2O6S. The molecule has 1 aliphatic heterocycles. The molecule has 0 unspecified atom stereocenters. The molecule has 134 valence electrons. The van der Waals surface area contributed by atoms with E-state index < -0.39 is 39.9 Å². The Morgan fingerprint density at radius 2 is 2.08 bits per heavy atom.